The molecule has 12 rings (SSSR count). The smallest absolute Gasteiger partial charge is 0.164 e. The lowest BCUT2D eigenvalue weighted by Crippen LogP contribution is -2.24. The minimum absolute atomic E-state index is 0.644. The number of aromatic nitrogens is 4. The molecule has 3 heterocycles. The van der Waals surface area contributed by atoms with Crippen LogP contribution in [0, 0.1) is 0 Å². The molecule has 1 aliphatic heterocycles. The molecule has 5 nitrogen and oxygen atoms in total. The Labute approximate surface area is 359 Å². The van der Waals surface area contributed by atoms with Crippen molar-refractivity contribution in [3.05, 3.63) is 224 Å². The van der Waals surface area contributed by atoms with E-state index in [-0.39, 0.29) is 0 Å². The predicted molar refractivity (Wildman–Crippen MR) is 257 cm³/mol. The molecule has 0 N–H and O–H groups in total. The van der Waals surface area contributed by atoms with E-state index in [1.54, 1.807) is 0 Å². The highest BCUT2D eigenvalue weighted by molar-refractivity contribution is 6.15. The summed E-state index contributed by atoms with van der Waals surface area (Å²) in [6.45, 7) is 5.70. The van der Waals surface area contributed by atoms with Crippen LogP contribution in [0.3, 0.4) is 0 Å². The van der Waals surface area contributed by atoms with Crippen molar-refractivity contribution in [3.8, 4) is 39.9 Å². The van der Waals surface area contributed by atoms with E-state index in [0.717, 1.165) is 68.6 Å². The van der Waals surface area contributed by atoms with Gasteiger partial charge in [-0.2, -0.15) is 0 Å². The third-order valence-corrected chi connectivity index (χ3v) is 12.5. The Morgan fingerprint density at radius 2 is 1.03 bits per heavy atom. The first-order chi connectivity index (χ1) is 30.7. The third kappa shape index (κ3) is 5.89. The summed E-state index contributed by atoms with van der Waals surface area (Å²) in [6.07, 6.45) is 0.798. The molecule has 2 aromatic heterocycles. The van der Waals surface area contributed by atoms with Crippen molar-refractivity contribution < 1.29 is 0 Å². The molecule has 0 saturated carbocycles. The molecule has 0 atom stereocenters. The molecule has 0 amide bonds. The number of nitrogens with zero attached hydrogens (tertiary/aromatic N) is 5. The maximum Gasteiger partial charge on any atom is 0.164 e. The van der Waals surface area contributed by atoms with Crippen LogP contribution < -0.4 is 4.90 Å². The van der Waals surface area contributed by atoms with Gasteiger partial charge in [0.1, 0.15) is 0 Å². The fourth-order valence-electron chi connectivity index (χ4n) is 9.55. The van der Waals surface area contributed by atoms with Gasteiger partial charge in [0.2, 0.25) is 0 Å². The number of benzene rings is 9. The zero-order chi connectivity index (χ0) is 41.1. The second-order valence-electron chi connectivity index (χ2n) is 16.0. The van der Waals surface area contributed by atoms with E-state index in [1.807, 2.05) is 60.7 Å². The Balaban J connectivity index is 1.01. The van der Waals surface area contributed by atoms with Crippen LogP contribution in [0.2, 0.25) is 0 Å². The second kappa shape index (κ2) is 14.5. The van der Waals surface area contributed by atoms with E-state index in [4.69, 9.17) is 21.5 Å². The molecule has 0 fully saturated rings. The van der Waals surface area contributed by atoms with Crippen LogP contribution in [0.25, 0.3) is 88.6 Å². The molecule has 0 saturated heterocycles. The summed E-state index contributed by atoms with van der Waals surface area (Å²) in [7, 11) is 0. The van der Waals surface area contributed by atoms with Gasteiger partial charge in [-0.3, -0.25) is 0 Å². The first-order valence-corrected chi connectivity index (χ1v) is 21.2. The molecule has 0 bridgehead atoms. The number of hydrogen-bond acceptors (Lipinski definition) is 4. The zero-order valence-electron chi connectivity index (χ0n) is 33.9. The van der Waals surface area contributed by atoms with Crippen LogP contribution in [0.4, 0.5) is 11.4 Å². The van der Waals surface area contributed by atoms with Crippen LogP contribution in [-0.4, -0.2) is 26.1 Å². The lowest BCUT2D eigenvalue weighted by Gasteiger charge is -2.31. The quantitative estimate of drug-likeness (QED) is 0.174. The maximum absolute atomic E-state index is 5.09. The standard InChI is InChI=1S/C57H39N5/c1-37-46-23-12-13-26-50(46)61(34-33-52-53(37)54-48-24-11-10-16-39(48)28-32-51(54)62(52)45-29-27-38-15-8-9-21-42(38)35-45)44-30-31-47-43(36-44)22-14-25-49(47)57-59-55(40-17-4-2-5-18-40)58-56(60-57)41-19-6-3-7-20-41/h2-32,35-36H,1,33-34H2. The van der Waals surface area contributed by atoms with Crippen molar-refractivity contribution in [2.24, 2.45) is 0 Å². The van der Waals surface area contributed by atoms with Crippen molar-refractivity contribution in [1.82, 2.24) is 19.5 Å². The highest BCUT2D eigenvalue weighted by atomic mass is 15.1. The fraction of sp³-hybridized carbons (Fsp3) is 0.0351. The second-order valence-corrected chi connectivity index (χ2v) is 16.0. The molecule has 0 unspecified atom stereocenters. The minimum Gasteiger partial charge on any atom is -0.341 e. The van der Waals surface area contributed by atoms with Gasteiger partial charge in [-0.25, -0.2) is 15.0 Å². The first-order valence-electron chi connectivity index (χ1n) is 21.2. The summed E-state index contributed by atoms with van der Waals surface area (Å²) >= 11 is 0. The summed E-state index contributed by atoms with van der Waals surface area (Å²) in [5.41, 5.74) is 12.1. The van der Waals surface area contributed by atoms with E-state index < -0.39 is 0 Å². The summed E-state index contributed by atoms with van der Waals surface area (Å²) in [5.74, 6) is 1.94. The minimum atomic E-state index is 0.644. The van der Waals surface area contributed by atoms with Crippen molar-refractivity contribution >= 4 is 60.2 Å². The zero-order valence-corrected chi connectivity index (χ0v) is 33.9. The molecule has 0 aliphatic carbocycles. The topological polar surface area (TPSA) is 46.8 Å². The average Bonchev–Trinajstić information content (AvgIpc) is 3.67. The highest BCUT2D eigenvalue weighted by Gasteiger charge is 2.28. The normalized spacial score (nSPS) is 12.7. The SMILES string of the molecule is C=C1c2ccccc2N(c2ccc3c(-c4nc(-c5ccccc5)nc(-c5ccccc5)n4)cccc3c2)CCc2c1c1c3ccccc3ccc1n2-c1ccc2ccccc2c1. The first kappa shape index (κ1) is 35.8. The lowest BCUT2D eigenvalue weighted by atomic mass is 9.90. The molecule has 9 aromatic carbocycles. The summed E-state index contributed by atoms with van der Waals surface area (Å²) < 4.78 is 2.50. The van der Waals surface area contributed by atoms with Gasteiger partial charge in [0.25, 0.3) is 0 Å². The van der Waals surface area contributed by atoms with Gasteiger partial charge in [-0.05, 0) is 74.3 Å². The number of para-hydroxylation sites is 1. The van der Waals surface area contributed by atoms with Gasteiger partial charge in [0.15, 0.2) is 17.5 Å². The molecule has 292 valence electrons. The Morgan fingerprint density at radius 3 is 1.82 bits per heavy atom. The number of fused-ring (bicyclic) bond motifs is 8. The Morgan fingerprint density at radius 1 is 0.435 bits per heavy atom. The number of anilines is 2. The van der Waals surface area contributed by atoms with Gasteiger partial charge in [-0.1, -0.05) is 170 Å². The van der Waals surface area contributed by atoms with E-state index in [0.29, 0.717) is 17.5 Å². The molecule has 0 radical (unpaired) electrons. The summed E-state index contributed by atoms with van der Waals surface area (Å²) in [4.78, 5) is 17.6. The van der Waals surface area contributed by atoms with Crippen LogP contribution in [0.1, 0.15) is 16.8 Å². The van der Waals surface area contributed by atoms with Gasteiger partial charge < -0.3 is 9.47 Å². The van der Waals surface area contributed by atoms with E-state index in [1.165, 1.54) is 43.7 Å². The lowest BCUT2D eigenvalue weighted by molar-refractivity contribution is 0.851. The van der Waals surface area contributed by atoms with Gasteiger partial charge in [0, 0.05) is 68.9 Å². The largest absolute Gasteiger partial charge is 0.341 e. The van der Waals surface area contributed by atoms with Crippen molar-refractivity contribution in [3.63, 3.8) is 0 Å². The van der Waals surface area contributed by atoms with E-state index in [2.05, 4.69) is 149 Å². The monoisotopic (exact) mass is 793 g/mol. The van der Waals surface area contributed by atoms with Gasteiger partial charge >= 0.3 is 0 Å². The fourth-order valence-corrected chi connectivity index (χ4v) is 9.55. The molecule has 5 heteroatoms. The van der Waals surface area contributed by atoms with E-state index in [9.17, 15) is 0 Å². The molecule has 62 heavy (non-hydrogen) atoms. The predicted octanol–water partition coefficient (Wildman–Crippen LogP) is 14.0. The van der Waals surface area contributed by atoms with Crippen LogP contribution in [-0.2, 0) is 6.42 Å². The molecule has 1 aliphatic rings. The van der Waals surface area contributed by atoms with Crippen LogP contribution >= 0.6 is 0 Å². The summed E-state index contributed by atoms with van der Waals surface area (Å²) in [5, 5.41) is 8.36. The van der Waals surface area contributed by atoms with Crippen molar-refractivity contribution in [1.29, 1.82) is 0 Å². The van der Waals surface area contributed by atoms with Crippen molar-refractivity contribution in [2.75, 3.05) is 11.4 Å². The van der Waals surface area contributed by atoms with Crippen LogP contribution in [0.15, 0.2) is 207 Å². The number of rotatable bonds is 5. The molecular weight excluding hydrogens is 755 g/mol. The van der Waals surface area contributed by atoms with Crippen LogP contribution in [0.5, 0.6) is 0 Å². The highest BCUT2D eigenvalue weighted by Crippen LogP contribution is 2.46. The summed E-state index contributed by atoms with van der Waals surface area (Å²) in [6, 6.07) is 71.0. The van der Waals surface area contributed by atoms with Crippen molar-refractivity contribution in [2.45, 2.75) is 6.42 Å². The Kier molecular flexibility index (Phi) is 8.39. The maximum atomic E-state index is 5.09. The Hall–Kier alpha value is -8.15. The molecule has 0 spiro atoms. The van der Waals surface area contributed by atoms with E-state index >= 15 is 0 Å². The van der Waals surface area contributed by atoms with Gasteiger partial charge in [0.05, 0.1) is 5.52 Å². The number of hydrogen-bond donors (Lipinski definition) is 0. The Bertz CT molecular complexity index is 3490. The molecular formula is C57H39N5. The average molecular weight is 794 g/mol. The third-order valence-electron chi connectivity index (χ3n) is 12.5. The molecule has 11 aromatic rings. The van der Waals surface area contributed by atoms with Gasteiger partial charge in [-0.15, -0.1) is 0 Å².